The number of carbonyl (C=O) groups excluding carboxylic acids is 1. The lowest BCUT2D eigenvalue weighted by molar-refractivity contribution is -0.141. The molecule has 0 radical (unpaired) electrons. The molecular formula is C14H17F3N6O. The number of alkyl halides is 3. The first-order chi connectivity index (χ1) is 11.4. The van der Waals surface area contributed by atoms with Gasteiger partial charge in [0.25, 0.3) is 5.91 Å². The highest BCUT2D eigenvalue weighted by Gasteiger charge is 2.41. The number of nitrogens with one attached hydrogen (secondary N) is 1. The minimum atomic E-state index is -4.66. The molecule has 0 saturated carbocycles. The monoisotopic (exact) mass is 342 g/mol. The van der Waals surface area contributed by atoms with Gasteiger partial charge in [-0.2, -0.15) is 18.3 Å². The number of carbonyl (C=O) groups is 1. The standard InChI is InChI=1S/C14H17F3N6O/c1-9-11(12(20-19-9)14(15,16)17)13(24)22-5-2-3-10(7-22)8-23-6-4-18-21-23/h4,6,10H,2-3,5,7-8H2,1H3,(H,19,20). The van der Waals surface area contributed by atoms with E-state index in [0.29, 0.717) is 19.6 Å². The van der Waals surface area contributed by atoms with Gasteiger partial charge < -0.3 is 4.90 Å². The van der Waals surface area contributed by atoms with Gasteiger partial charge in [0, 0.05) is 31.5 Å². The molecule has 1 fully saturated rings. The zero-order valence-electron chi connectivity index (χ0n) is 13.0. The summed E-state index contributed by atoms with van der Waals surface area (Å²) in [6.07, 6.45) is 0.258. The first-order valence-electron chi connectivity index (χ1n) is 7.62. The van der Waals surface area contributed by atoms with E-state index < -0.39 is 17.8 Å². The van der Waals surface area contributed by atoms with Crippen LogP contribution in [0.25, 0.3) is 0 Å². The molecule has 3 rings (SSSR count). The van der Waals surface area contributed by atoms with Gasteiger partial charge in [0.1, 0.15) is 0 Å². The molecule has 10 heteroatoms. The number of hydrogen-bond donors (Lipinski definition) is 1. The molecule has 3 heterocycles. The number of amides is 1. The quantitative estimate of drug-likeness (QED) is 0.924. The average molecular weight is 342 g/mol. The third kappa shape index (κ3) is 3.26. The van der Waals surface area contributed by atoms with E-state index in [0.717, 1.165) is 12.8 Å². The molecular weight excluding hydrogens is 325 g/mol. The van der Waals surface area contributed by atoms with Crippen molar-refractivity contribution in [2.75, 3.05) is 13.1 Å². The highest BCUT2D eigenvalue weighted by atomic mass is 19.4. The first kappa shape index (κ1) is 16.5. The summed E-state index contributed by atoms with van der Waals surface area (Å²) < 4.78 is 40.8. The zero-order valence-corrected chi connectivity index (χ0v) is 13.0. The van der Waals surface area contributed by atoms with E-state index in [4.69, 9.17) is 0 Å². The number of hydrogen-bond acceptors (Lipinski definition) is 4. The number of nitrogens with zero attached hydrogens (tertiary/aromatic N) is 5. The molecule has 1 atom stereocenters. The Morgan fingerprint density at radius 1 is 1.46 bits per heavy atom. The van der Waals surface area contributed by atoms with Crippen molar-refractivity contribution in [1.82, 2.24) is 30.1 Å². The molecule has 7 nitrogen and oxygen atoms in total. The molecule has 1 amide bonds. The van der Waals surface area contributed by atoms with Crippen LogP contribution in [0, 0.1) is 12.8 Å². The molecule has 24 heavy (non-hydrogen) atoms. The van der Waals surface area contributed by atoms with E-state index in [-0.39, 0.29) is 17.2 Å². The van der Waals surface area contributed by atoms with E-state index in [9.17, 15) is 18.0 Å². The van der Waals surface area contributed by atoms with Crippen molar-refractivity contribution < 1.29 is 18.0 Å². The maximum absolute atomic E-state index is 13.0. The Morgan fingerprint density at radius 3 is 2.92 bits per heavy atom. The van der Waals surface area contributed by atoms with Crippen molar-refractivity contribution in [2.45, 2.75) is 32.5 Å². The molecule has 1 unspecified atom stereocenters. The molecule has 0 aliphatic carbocycles. The summed E-state index contributed by atoms with van der Waals surface area (Å²) in [7, 11) is 0. The lowest BCUT2D eigenvalue weighted by Crippen LogP contribution is -2.41. The fourth-order valence-corrected chi connectivity index (χ4v) is 3.05. The SMILES string of the molecule is Cc1[nH]nc(C(F)(F)F)c1C(=O)N1CCCC(Cn2ccnn2)C1. The van der Waals surface area contributed by atoms with Crippen LogP contribution in [0.1, 0.15) is 34.6 Å². The van der Waals surface area contributed by atoms with Gasteiger partial charge in [-0.3, -0.25) is 14.6 Å². The van der Waals surface area contributed by atoms with Gasteiger partial charge in [-0.15, -0.1) is 5.10 Å². The van der Waals surface area contributed by atoms with E-state index in [1.807, 2.05) is 0 Å². The van der Waals surface area contributed by atoms with Gasteiger partial charge in [-0.1, -0.05) is 5.21 Å². The Balaban J connectivity index is 1.76. The van der Waals surface area contributed by atoms with E-state index in [1.54, 1.807) is 17.1 Å². The predicted octanol–water partition coefficient (Wildman–Crippen LogP) is 1.88. The Bertz CT molecular complexity index is 709. The zero-order chi connectivity index (χ0) is 17.3. The largest absolute Gasteiger partial charge is 0.435 e. The summed E-state index contributed by atoms with van der Waals surface area (Å²) >= 11 is 0. The molecule has 1 aliphatic heterocycles. The molecule has 1 N–H and O–H groups in total. The van der Waals surface area contributed by atoms with Crippen molar-refractivity contribution >= 4 is 5.91 Å². The third-order valence-corrected chi connectivity index (χ3v) is 4.15. The van der Waals surface area contributed by atoms with Gasteiger partial charge in [0.05, 0.1) is 11.8 Å². The van der Waals surface area contributed by atoms with Crippen molar-refractivity contribution in [2.24, 2.45) is 5.92 Å². The smallest absolute Gasteiger partial charge is 0.338 e. The second kappa shape index (κ2) is 6.25. The van der Waals surface area contributed by atoms with E-state index in [1.165, 1.54) is 11.8 Å². The van der Waals surface area contributed by atoms with Crippen LogP contribution in [0.5, 0.6) is 0 Å². The molecule has 0 bridgehead atoms. The summed E-state index contributed by atoms with van der Waals surface area (Å²) in [4.78, 5) is 14.1. The number of likely N-dealkylation sites (tertiary alicyclic amines) is 1. The van der Waals surface area contributed by atoms with Crippen molar-refractivity contribution in [1.29, 1.82) is 0 Å². The lowest BCUT2D eigenvalue weighted by atomic mass is 9.97. The maximum atomic E-state index is 13.0. The van der Waals surface area contributed by atoms with Gasteiger partial charge in [-0.25, -0.2) is 0 Å². The second-order valence-corrected chi connectivity index (χ2v) is 5.95. The van der Waals surface area contributed by atoms with Crippen LogP contribution in [0.2, 0.25) is 0 Å². The maximum Gasteiger partial charge on any atom is 0.435 e. The van der Waals surface area contributed by atoms with Crippen LogP contribution in [0.4, 0.5) is 13.2 Å². The van der Waals surface area contributed by atoms with Crippen LogP contribution in [-0.4, -0.2) is 49.1 Å². The Kier molecular flexibility index (Phi) is 4.29. The molecule has 1 aliphatic rings. The minimum absolute atomic E-state index is 0.130. The van der Waals surface area contributed by atoms with Crippen LogP contribution in [0.15, 0.2) is 12.4 Å². The van der Waals surface area contributed by atoms with Crippen LogP contribution < -0.4 is 0 Å². The summed E-state index contributed by atoms with van der Waals surface area (Å²) in [5, 5.41) is 13.2. The minimum Gasteiger partial charge on any atom is -0.338 e. The summed E-state index contributed by atoms with van der Waals surface area (Å²) in [5.41, 5.74) is -1.40. The molecule has 0 aromatic carbocycles. The fourth-order valence-electron chi connectivity index (χ4n) is 3.05. The normalized spacial score (nSPS) is 18.8. The van der Waals surface area contributed by atoms with E-state index >= 15 is 0 Å². The molecule has 1 saturated heterocycles. The molecule has 2 aromatic rings. The van der Waals surface area contributed by atoms with Crippen molar-refractivity contribution in [3.8, 4) is 0 Å². The van der Waals surface area contributed by atoms with Crippen LogP contribution in [-0.2, 0) is 12.7 Å². The number of rotatable bonds is 3. The lowest BCUT2D eigenvalue weighted by Gasteiger charge is -2.32. The topological polar surface area (TPSA) is 79.7 Å². The predicted molar refractivity (Wildman–Crippen MR) is 77.0 cm³/mol. The van der Waals surface area contributed by atoms with Gasteiger partial charge in [-0.05, 0) is 25.7 Å². The number of piperidine rings is 1. The second-order valence-electron chi connectivity index (χ2n) is 5.95. The fraction of sp³-hybridized carbons (Fsp3) is 0.571. The summed E-state index contributed by atoms with van der Waals surface area (Å²) in [6, 6.07) is 0. The molecule has 0 spiro atoms. The van der Waals surface area contributed by atoms with Gasteiger partial charge in [0.15, 0.2) is 5.69 Å². The summed E-state index contributed by atoms with van der Waals surface area (Å²) in [5.74, 6) is -0.497. The highest BCUT2D eigenvalue weighted by molar-refractivity contribution is 5.96. The highest BCUT2D eigenvalue weighted by Crippen LogP contribution is 2.32. The number of halogens is 3. The number of aryl methyl sites for hydroxylation is 1. The van der Waals surface area contributed by atoms with Crippen LogP contribution in [0.3, 0.4) is 0 Å². The van der Waals surface area contributed by atoms with Crippen molar-refractivity contribution in [3.63, 3.8) is 0 Å². The van der Waals surface area contributed by atoms with Gasteiger partial charge in [0.2, 0.25) is 0 Å². The van der Waals surface area contributed by atoms with E-state index in [2.05, 4.69) is 20.5 Å². The Hall–Kier alpha value is -2.39. The summed E-state index contributed by atoms with van der Waals surface area (Å²) in [6.45, 7) is 2.84. The number of aromatic amines is 1. The first-order valence-corrected chi connectivity index (χ1v) is 7.62. The number of H-pyrrole nitrogens is 1. The van der Waals surface area contributed by atoms with Gasteiger partial charge >= 0.3 is 6.18 Å². The van der Waals surface area contributed by atoms with Crippen LogP contribution >= 0.6 is 0 Å². The Morgan fingerprint density at radius 2 is 2.25 bits per heavy atom. The number of aromatic nitrogens is 5. The Labute approximate surface area is 135 Å². The average Bonchev–Trinajstić information content (AvgIpc) is 3.16. The molecule has 130 valence electrons. The molecule has 2 aromatic heterocycles. The third-order valence-electron chi connectivity index (χ3n) is 4.15. The van der Waals surface area contributed by atoms with Crippen molar-refractivity contribution in [3.05, 3.63) is 29.3 Å².